The van der Waals surface area contributed by atoms with Crippen LogP contribution in [0, 0.1) is 5.92 Å². The molecule has 2 N–H and O–H groups in total. The molecule has 1 aromatic rings. The second-order valence-corrected chi connectivity index (χ2v) is 14.1. The maximum atomic E-state index is 12.3. The average molecular weight is 663 g/mol. The van der Waals surface area contributed by atoms with Crippen molar-refractivity contribution in [3.05, 3.63) is 0 Å². The van der Waals surface area contributed by atoms with Crippen molar-refractivity contribution in [2.24, 2.45) is 5.92 Å². The van der Waals surface area contributed by atoms with Gasteiger partial charge in [0, 0.05) is 51.4 Å². The molecule has 14 nitrogen and oxygen atoms in total. The fraction of sp³-hybridized carbons (Fsp3) is 0.818. The molecule has 2 amide bonds. The zero-order chi connectivity index (χ0) is 34.8. The van der Waals surface area contributed by atoms with E-state index in [0.717, 1.165) is 25.7 Å². The van der Waals surface area contributed by atoms with Crippen LogP contribution in [0.15, 0.2) is 0 Å². The maximum absolute atomic E-state index is 12.3. The fourth-order valence-electron chi connectivity index (χ4n) is 5.74. The smallest absolute Gasteiger partial charge is 0.407 e. The topological polar surface area (TPSA) is 151 Å². The molecule has 0 bridgehead atoms. The van der Waals surface area contributed by atoms with Gasteiger partial charge in [-0.2, -0.15) is 15.0 Å². The number of nitrogens with one attached hydrogen (secondary N) is 2. The van der Waals surface area contributed by atoms with Crippen molar-refractivity contribution >= 4 is 36.0 Å². The molecular formula is C33H58N8O6. The lowest BCUT2D eigenvalue weighted by atomic mass is 9.97. The molecule has 1 aromatic heterocycles. The highest BCUT2D eigenvalue weighted by molar-refractivity contribution is 5.73. The Morgan fingerprint density at radius 3 is 1.26 bits per heavy atom. The Kier molecular flexibility index (Phi) is 13.7. The molecule has 3 aliphatic rings. The van der Waals surface area contributed by atoms with E-state index in [-0.39, 0.29) is 24.0 Å². The molecule has 4 heterocycles. The highest BCUT2D eigenvalue weighted by Crippen LogP contribution is 2.27. The summed E-state index contributed by atoms with van der Waals surface area (Å²) in [4.78, 5) is 58.1. The number of amides is 2. The van der Waals surface area contributed by atoms with Gasteiger partial charge >= 0.3 is 18.2 Å². The van der Waals surface area contributed by atoms with E-state index in [9.17, 15) is 14.4 Å². The van der Waals surface area contributed by atoms with Gasteiger partial charge in [-0.25, -0.2) is 9.59 Å². The van der Waals surface area contributed by atoms with Gasteiger partial charge in [-0.1, -0.05) is 13.8 Å². The van der Waals surface area contributed by atoms with Crippen molar-refractivity contribution in [1.29, 1.82) is 0 Å². The predicted octanol–water partition coefficient (Wildman–Crippen LogP) is 4.66. The SMILES string of the molecule is CC.CCOC(=O)C1CCN(c2nc(N3CCC(NC(=O)OC(C)(C)C)CC3)nc(N3CCC(NC(=O)OC(C)(C)C)CC3)n2)CC1. The molecule has 0 atom stereocenters. The summed E-state index contributed by atoms with van der Waals surface area (Å²) in [5.74, 6) is 1.55. The first-order valence-corrected chi connectivity index (χ1v) is 17.4. The molecule has 0 saturated carbocycles. The van der Waals surface area contributed by atoms with E-state index in [2.05, 4.69) is 25.3 Å². The molecule has 14 heteroatoms. The first-order chi connectivity index (χ1) is 22.2. The Morgan fingerprint density at radius 1 is 0.638 bits per heavy atom. The minimum Gasteiger partial charge on any atom is -0.466 e. The van der Waals surface area contributed by atoms with Gasteiger partial charge in [0.25, 0.3) is 0 Å². The van der Waals surface area contributed by atoms with Gasteiger partial charge in [-0.15, -0.1) is 0 Å². The van der Waals surface area contributed by atoms with Crippen LogP contribution in [0.2, 0.25) is 0 Å². The summed E-state index contributed by atoms with van der Waals surface area (Å²) in [5.41, 5.74) is -1.10. The van der Waals surface area contributed by atoms with Gasteiger partial charge in [0.2, 0.25) is 17.8 Å². The number of carbonyl (C=O) groups excluding carboxylic acids is 3. The number of alkyl carbamates (subject to hydrolysis) is 2. The number of hydrogen-bond donors (Lipinski definition) is 2. The fourth-order valence-corrected chi connectivity index (χ4v) is 5.74. The Balaban J connectivity index is 0.00000294. The van der Waals surface area contributed by atoms with Crippen molar-refractivity contribution < 1.29 is 28.6 Å². The van der Waals surface area contributed by atoms with Crippen molar-refractivity contribution in [1.82, 2.24) is 25.6 Å². The molecule has 3 aliphatic heterocycles. The molecule has 0 spiro atoms. The molecule has 0 aromatic carbocycles. The molecular weight excluding hydrogens is 604 g/mol. The normalized spacial score (nSPS) is 18.5. The monoisotopic (exact) mass is 662 g/mol. The van der Waals surface area contributed by atoms with Crippen LogP contribution in [-0.4, -0.2) is 102 Å². The number of nitrogens with zero attached hydrogens (tertiary/aromatic N) is 6. The van der Waals surface area contributed by atoms with Gasteiger partial charge in [-0.3, -0.25) is 4.79 Å². The van der Waals surface area contributed by atoms with Crippen LogP contribution in [-0.2, 0) is 19.0 Å². The lowest BCUT2D eigenvalue weighted by Crippen LogP contribution is -2.47. The summed E-state index contributed by atoms with van der Waals surface area (Å²) in [5, 5.41) is 5.98. The van der Waals surface area contributed by atoms with Crippen LogP contribution in [0.4, 0.5) is 27.4 Å². The Hall–Kier alpha value is -3.58. The Labute approximate surface area is 280 Å². The van der Waals surface area contributed by atoms with Crippen molar-refractivity contribution in [2.75, 3.05) is 60.6 Å². The molecule has 4 rings (SSSR count). The lowest BCUT2D eigenvalue weighted by Gasteiger charge is -2.36. The van der Waals surface area contributed by atoms with Crippen LogP contribution in [0.25, 0.3) is 0 Å². The summed E-state index contributed by atoms with van der Waals surface area (Å²) in [6.45, 7) is 21.3. The van der Waals surface area contributed by atoms with Gasteiger partial charge < -0.3 is 39.5 Å². The minimum absolute atomic E-state index is 0.00952. The second kappa shape index (κ2) is 17.0. The minimum atomic E-state index is -0.548. The molecule has 47 heavy (non-hydrogen) atoms. The van der Waals surface area contributed by atoms with E-state index in [1.54, 1.807) is 0 Å². The van der Waals surface area contributed by atoms with Crippen molar-refractivity contribution in [2.45, 2.75) is 124 Å². The summed E-state index contributed by atoms with van der Waals surface area (Å²) in [6.07, 6.45) is 3.51. The number of rotatable bonds is 7. The van der Waals surface area contributed by atoms with Crippen molar-refractivity contribution in [3.8, 4) is 0 Å². The molecule has 0 unspecified atom stereocenters. The number of anilines is 3. The largest absolute Gasteiger partial charge is 0.466 e. The summed E-state index contributed by atoms with van der Waals surface area (Å²) >= 11 is 0. The van der Waals surface area contributed by atoms with Gasteiger partial charge in [-0.05, 0) is 87.0 Å². The number of piperidine rings is 3. The first-order valence-electron chi connectivity index (χ1n) is 17.4. The molecule has 0 radical (unpaired) electrons. The Morgan fingerprint density at radius 2 is 0.957 bits per heavy atom. The zero-order valence-corrected chi connectivity index (χ0v) is 30.1. The molecule has 3 saturated heterocycles. The highest BCUT2D eigenvalue weighted by Gasteiger charge is 2.31. The average Bonchev–Trinajstić information content (AvgIpc) is 3.01. The van der Waals surface area contributed by atoms with Crippen LogP contribution < -0.4 is 25.3 Å². The third-order valence-electron chi connectivity index (χ3n) is 8.00. The number of esters is 1. The number of ether oxygens (including phenoxy) is 3. The van der Waals surface area contributed by atoms with E-state index in [1.807, 2.05) is 62.3 Å². The standard InChI is InChI=1S/C31H52N8O6.C2H6/c1-8-43-24(40)21-9-15-37(16-10-21)25-34-26(38-17-11-22(12-18-38)32-28(41)44-30(2,3)4)36-27(35-25)39-19-13-23(14-20-39)33-29(42)45-31(5,6)7;1-2/h21-23H,8-20H2,1-7H3,(H,32,41)(H,33,42);1-2H3. The van der Waals surface area contributed by atoms with E-state index >= 15 is 0 Å². The summed E-state index contributed by atoms with van der Waals surface area (Å²) in [6, 6.07) is 0.0190. The summed E-state index contributed by atoms with van der Waals surface area (Å²) in [7, 11) is 0. The number of carbonyl (C=O) groups is 3. The second-order valence-electron chi connectivity index (χ2n) is 14.1. The zero-order valence-electron chi connectivity index (χ0n) is 30.1. The van der Waals surface area contributed by atoms with Gasteiger partial charge in [0.1, 0.15) is 11.2 Å². The lowest BCUT2D eigenvalue weighted by molar-refractivity contribution is -0.148. The third kappa shape index (κ3) is 12.2. The maximum Gasteiger partial charge on any atom is 0.407 e. The predicted molar refractivity (Wildman–Crippen MR) is 182 cm³/mol. The molecule has 266 valence electrons. The van der Waals surface area contributed by atoms with Crippen LogP contribution in [0.3, 0.4) is 0 Å². The third-order valence-corrected chi connectivity index (χ3v) is 8.00. The number of hydrogen-bond acceptors (Lipinski definition) is 12. The van der Waals surface area contributed by atoms with Crippen LogP contribution >= 0.6 is 0 Å². The Bertz CT molecular complexity index is 1090. The quantitative estimate of drug-likeness (QED) is 0.309. The van der Waals surface area contributed by atoms with Gasteiger partial charge in [0.05, 0.1) is 12.5 Å². The van der Waals surface area contributed by atoms with E-state index < -0.39 is 23.4 Å². The van der Waals surface area contributed by atoms with Crippen LogP contribution in [0.1, 0.15) is 101 Å². The highest BCUT2D eigenvalue weighted by atomic mass is 16.6. The number of aromatic nitrogens is 3. The molecule has 0 aliphatic carbocycles. The van der Waals surface area contributed by atoms with Gasteiger partial charge in [0.15, 0.2) is 0 Å². The summed E-state index contributed by atoms with van der Waals surface area (Å²) < 4.78 is 16.1. The molecule has 3 fully saturated rings. The first kappa shape index (κ1) is 37.9. The van der Waals surface area contributed by atoms with E-state index in [4.69, 9.17) is 29.2 Å². The van der Waals surface area contributed by atoms with Crippen molar-refractivity contribution in [3.63, 3.8) is 0 Å². The van der Waals surface area contributed by atoms with E-state index in [0.29, 0.717) is 76.6 Å². The van der Waals surface area contributed by atoms with E-state index in [1.165, 1.54) is 0 Å². The van der Waals surface area contributed by atoms with Crippen LogP contribution in [0.5, 0.6) is 0 Å².